The Kier molecular flexibility index (Phi) is 5.59. The monoisotopic (exact) mass is 294 g/mol. The van der Waals surface area contributed by atoms with Crippen LogP contribution in [0.15, 0.2) is 18.7 Å². The first-order valence-electron chi connectivity index (χ1n) is 7.39. The van der Waals surface area contributed by atoms with Gasteiger partial charge >= 0.3 is 12.0 Å². The largest absolute Gasteiger partial charge is 0.481 e. The minimum atomic E-state index is -0.819. The number of nitrogens with zero attached hydrogens (tertiary/aromatic N) is 2. The summed E-state index contributed by atoms with van der Waals surface area (Å²) in [7, 11) is 0. The Labute approximate surface area is 123 Å². The van der Waals surface area contributed by atoms with Crippen molar-refractivity contribution < 1.29 is 14.7 Å². The highest BCUT2D eigenvalue weighted by Crippen LogP contribution is 2.23. The van der Waals surface area contributed by atoms with E-state index in [0.717, 1.165) is 25.7 Å². The van der Waals surface area contributed by atoms with Gasteiger partial charge < -0.3 is 20.3 Å². The van der Waals surface area contributed by atoms with Crippen LogP contribution in [-0.4, -0.2) is 39.2 Å². The summed E-state index contributed by atoms with van der Waals surface area (Å²) in [4.78, 5) is 27.1. The Hall–Kier alpha value is -2.05. The number of aliphatic carboxylic acids is 1. The van der Waals surface area contributed by atoms with Crippen LogP contribution in [-0.2, 0) is 11.3 Å². The fourth-order valence-corrected chi connectivity index (χ4v) is 2.71. The number of carbonyl (C=O) groups is 2. The van der Waals surface area contributed by atoms with Gasteiger partial charge in [-0.1, -0.05) is 19.3 Å². The van der Waals surface area contributed by atoms with Gasteiger partial charge in [0.05, 0.1) is 12.2 Å². The second-order valence-electron chi connectivity index (χ2n) is 5.39. The Balaban J connectivity index is 1.77. The van der Waals surface area contributed by atoms with Crippen molar-refractivity contribution in [3.8, 4) is 0 Å². The predicted molar refractivity (Wildman–Crippen MR) is 76.8 cm³/mol. The summed E-state index contributed by atoms with van der Waals surface area (Å²) in [5, 5.41) is 14.8. The van der Waals surface area contributed by atoms with Crippen molar-refractivity contribution in [1.29, 1.82) is 0 Å². The zero-order valence-corrected chi connectivity index (χ0v) is 12.0. The van der Waals surface area contributed by atoms with Crippen molar-refractivity contribution in [2.45, 2.75) is 44.7 Å². The molecule has 0 saturated heterocycles. The number of carboxylic acid groups (broad SMARTS) is 1. The number of rotatable bonds is 5. The van der Waals surface area contributed by atoms with E-state index in [1.54, 1.807) is 12.5 Å². The van der Waals surface area contributed by atoms with E-state index in [-0.39, 0.29) is 12.1 Å². The molecule has 1 aromatic heterocycles. The molecule has 0 bridgehead atoms. The molecule has 2 rings (SSSR count). The second kappa shape index (κ2) is 7.66. The SMILES string of the molecule is O=C(NCCn1ccnc1)NC1CCCCCC1C(=O)O. The van der Waals surface area contributed by atoms with E-state index in [9.17, 15) is 14.7 Å². The summed E-state index contributed by atoms with van der Waals surface area (Å²) in [5.74, 6) is -1.30. The molecule has 2 unspecified atom stereocenters. The van der Waals surface area contributed by atoms with Crippen LogP contribution in [0.25, 0.3) is 0 Å². The molecule has 116 valence electrons. The van der Waals surface area contributed by atoms with Gasteiger partial charge in [0.15, 0.2) is 0 Å². The normalized spacial score (nSPS) is 22.3. The van der Waals surface area contributed by atoms with Crippen LogP contribution in [0, 0.1) is 5.92 Å². The highest BCUT2D eigenvalue weighted by atomic mass is 16.4. The summed E-state index contributed by atoms with van der Waals surface area (Å²) in [6.07, 6.45) is 9.46. The minimum absolute atomic E-state index is 0.279. The van der Waals surface area contributed by atoms with Crippen LogP contribution >= 0.6 is 0 Å². The third-order valence-corrected chi connectivity index (χ3v) is 3.86. The van der Waals surface area contributed by atoms with Gasteiger partial charge in [-0.3, -0.25) is 4.79 Å². The van der Waals surface area contributed by atoms with Gasteiger partial charge in [-0.2, -0.15) is 0 Å². The van der Waals surface area contributed by atoms with Crippen molar-refractivity contribution in [3.63, 3.8) is 0 Å². The summed E-state index contributed by atoms with van der Waals surface area (Å²) >= 11 is 0. The number of carbonyl (C=O) groups excluding carboxylic acids is 1. The zero-order valence-electron chi connectivity index (χ0n) is 12.0. The Morgan fingerprint density at radius 3 is 2.81 bits per heavy atom. The van der Waals surface area contributed by atoms with Gasteiger partial charge in [0.1, 0.15) is 0 Å². The number of amides is 2. The lowest BCUT2D eigenvalue weighted by Crippen LogP contribution is -2.47. The van der Waals surface area contributed by atoms with Crippen molar-refractivity contribution in [1.82, 2.24) is 20.2 Å². The van der Waals surface area contributed by atoms with Crippen LogP contribution in [0.5, 0.6) is 0 Å². The number of imidazole rings is 1. The molecular weight excluding hydrogens is 272 g/mol. The topological polar surface area (TPSA) is 96.3 Å². The summed E-state index contributed by atoms with van der Waals surface area (Å²) < 4.78 is 1.87. The van der Waals surface area contributed by atoms with Gasteiger partial charge in [-0.05, 0) is 12.8 Å². The Bertz CT molecular complexity index is 461. The maximum absolute atomic E-state index is 11.9. The van der Waals surface area contributed by atoms with Crippen molar-refractivity contribution in [2.75, 3.05) is 6.54 Å². The third kappa shape index (κ3) is 4.77. The van der Waals surface area contributed by atoms with E-state index in [4.69, 9.17) is 0 Å². The molecule has 2 amide bonds. The summed E-state index contributed by atoms with van der Waals surface area (Å²) in [5.41, 5.74) is 0. The maximum Gasteiger partial charge on any atom is 0.315 e. The van der Waals surface area contributed by atoms with E-state index < -0.39 is 11.9 Å². The predicted octanol–water partition coefficient (Wildman–Crippen LogP) is 1.22. The number of urea groups is 1. The number of hydrogen-bond donors (Lipinski definition) is 3. The van der Waals surface area contributed by atoms with E-state index in [0.29, 0.717) is 19.5 Å². The van der Waals surface area contributed by atoms with Gasteiger partial charge in [-0.25, -0.2) is 9.78 Å². The molecule has 2 atom stereocenters. The quantitative estimate of drug-likeness (QED) is 0.711. The first kappa shape index (κ1) is 15.3. The number of aromatic nitrogens is 2. The van der Waals surface area contributed by atoms with E-state index in [1.165, 1.54) is 0 Å². The standard InChI is InChI=1S/C14H22N4O3/c19-13(20)11-4-2-1-3-5-12(11)17-14(21)16-7-9-18-8-6-15-10-18/h6,8,10-12H,1-5,7,9H2,(H,19,20)(H2,16,17,21). The molecule has 1 aliphatic carbocycles. The lowest BCUT2D eigenvalue weighted by Gasteiger charge is -2.23. The highest BCUT2D eigenvalue weighted by Gasteiger charge is 2.30. The van der Waals surface area contributed by atoms with E-state index in [2.05, 4.69) is 15.6 Å². The maximum atomic E-state index is 11.9. The molecule has 1 heterocycles. The smallest absolute Gasteiger partial charge is 0.315 e. The van der Waals surface area contributed by atoms with Gasteiger partial charge in [0.2, 0.25) is 0 Å². The molecule has 1 saturated carbocycles. The van der Waals surface area contributed by atoms with Crippen LogP contribution in [0.3, 0.4) is 0 Å². The highest BCUT2D eigenvalue weighted by molar-refractivity contribution is 5.76. The Morgan fingerprint density at radius 2 is 2.10 bits per heavy atom. The van der Waals surface area contributed by atoms with Gasteiger partial charge in [0, 0.05) is 31.5 Å². The number of hydrogen-bond acceptors (Lipinski definition) is 3. The first-order chi connectivity index (χ1) is 10.2. The molecule has 21 heavy (non-hydrogen) atoms. The summed E-state index contributed by atoms with van der Waals surface area (Å²) in [6, 6.07) is -0.577. The first-order valence-corrected chi connectivity index (χ1v) is 7.39. The van der Waals surface area contributed by atoms with Crippen LogP contribution in [0.4, 0.5) is 4.79 Å². The van der Waals surface area contributed by atoms with Crippen molar-refractivity contribution in [2.24, 2.45) is 5.92 Å². The van der Waals surface area contributed by atoms with E-state index >= 15 is 0 Å². The fraction of sp³-hybridized carbons (Fsp3) is 0.643. The molecule has 3 N–H and O–H groups in total. The number of carboxylic acids is 1. The molecule has 1 aliphatic rings. The minimum Gasteiger partial charge on any atom is -0.481 e. The molecule has 1 fully saturated rings. The molecule has 7 nitrogen and oxygen atoms in total. The molecule has 0 radical (unpaired) electrons. The third-order valence-electron chi connectivity index (χ3n) is 3.86. The van der Waals surface area contributed by atoms with Gasteiger partial charge in [0.25, 0.3) is 0 Å². The molecule has 1 aromatic rings. The average molecular weight is 294 g/mol. The number of nitrogens with one attached hydrogen (secondary N) is 2. The lowest BCUT2D eigenvalue weighted by molar-refractivity contribution is -0.142. The summed E-state index contributed by atoms with van der Waals surface area (Å²) in [6.45, 7) is 1.12. The van der Waals surface area contributed by atoms with E-state index in [1.807, 2.05) is 10.8 Å². The molecule has 0 aliphatic heterocycles. The molecule has 0 spiro atoms. The lowest BCUT2D eigenvalue weighted by atomic mass is 9.95. The second-order valence-corrected chi connectivity index (χ2v) is 5.39. The van der Waals surface area contributed by atoms with Crippen LogP contribution in [0.1, 0.15) is 32.1 Å². The van der Waals surface area contributed by atoms with Crippen molar-refractivity contribution in [3.05, 3.63) is 18.7 Å². The van der Waals surface area contributed by atoms with Crippen molar-refractivity contribution >= 4 is 12.0 Å². The fourth-order valence-electron chi connectivity index (χ4n) is 2.71. The van der Waals surface area contributed by atoms with Crippen LogP contribution < -0.4 is 10.6 Å². The van der Waals surface area contributed by atoms with Gasteiger partial charge in [-0.15, -0.1) is 0 Å². The van der Waals surface area contributed by atoms with Crippen LogP contribution in [0.2, 0.25) is 0 Å². The average Bonchev–Trinajstić information content (AvgIpc) is 2.84. The molecular formula is C14H22N4O3. The molecule has 7 heteroatoms. The molecule has 0 aromatic carbocycles. The zero-order chi connectivity index (χ0) is 15.1. The Morgan fingerprint density at radius 1 is 1.29 bits per heavy atom.